The van der Waals surface area contributed by atoms with Crippen molar-refractivity contribution in [3.05, 3.63) is 89.5 Å². The summed E-state index contributed by atoms with van der Waals surface area (Å²) in [7, 11) is -3.67. The molecule has 1 aromatic heterocycles. The second-order valence-corrected chi connectivity index (χ2v) is 9.01. The first kappa shape index (κ1) is 24.1. The molecule has 2 N–H and O–H groups in total. The Morgan fingerprint density at radius 1 is 1.12 bits per heavy atom. The van der Waals surface area contributed by atoms with Gasteiger partial charge in [-0.25, -0.2) is 17.5 Å². The first-order valence-electron chi connectivity index (χ1n) is 10.1. The van der Waals surface area contributed by atoms with E-state index >= 15 is 0 Å². The normalized spacial score (nSPS) is 11.5. The van der Waals surface area contributed by atoms with Gasteiger partial charge in [-0.15, -0.1) is 0 Å². The molecular weight excluding hydrogens is 445 g/mol. The fourth-order valence-corrected chi connectivity index (χ4v) is 4.27. The van der Waals surface area contributed by atoms with Crippen LogP contribution in [0.5, 0.6) is 11.5 Å². The number of nitrogens with zero attached hydrogens (tertiary/aromatic N) is 1. The average molecular weight is 470 g/mol. The van der Waals surface area contributed by atoms with Gasteiger partial charge in [-0.3, -0.25) is 9.78 Å². The summed E-state index contributed by atoms with van der Waals surface area (Å²) in [5, 5.41) is 2.58. The molecule has 0 radical (unpaired) electrons. The summed E-state index contributed by atoms with van der Waals surface area (Å²) < 4.78 is 47.1. The number of pyridine rings is 1. The van der Waals surface area contributed by atoms with Crippen LogP contribution < -0.4 is 14.8 Å². The molecule has 1 amide bonds. The van der Waals surface area contributed by atoms with Crippen LogP contribution in [0, 0.1) is 19.7 Å². The number of hydrogen-bond donors (Lipinski definition) is 2. The zero-order valence-electron chi connectivity index (χ0n) is 18.2. The van der Waals surface area contributed by atoms with E-state index in [1.807, 2.05) is 13.0 Å². The maximum atomic E-state index is 14.3. The van der Waals surface area contributed by atoms with E-state index in [9.17, 15) is 17.6 Å². The molecule has 0 fully saturated rings. The molecule has 0 unspecified atom stereocenters. The van der Waals surface area contributed by atoms with Gasteiger partial charge < -0.3 is 10.1 Å². The molecule has 3 rings (SSSR count). The fourth-order valence-electron chi connectivity index (χ4n) is 2.91. The van der Waals surface area contributed by atoms with Gasteiger partial charge in [0.1, 0.15) is 5.75 Å². The maximum absolute atomic E-state index is 14.3. The average Bonchev–Trinajstić information content (AvgIpc) is 2.79. The van der Waals surface area contributed by atoms with E-state index in [0.29, 0.717) is 16.9 Å². The summed E-state index contributed by atoms with van der Waals surface area (Å²) in [6.45, 7) is 3.67. The van der Waals surface area contributed by atoms with Crippen molar-refractivity contribution in [3.8, 4) is 11.5 Å². The number of nitrogens with one attached hydrogen (secondary N) is 2. The van der Waals surface area contributed by atoms with E-state index in [-0.39, 0.29) is 23.7 Å². The number of benzene rings is 2. The Hall–Kier alpha value is -3.56. The lowest BCUT2D eigenvalue weighted by Gasteiger charge is -2.10. The molecule has 3 aromatic rings. The van der Waals surface area contributed by atoms with Crippen LogP contribution in [0.15, 0.2) is 71.9 Å². The van der Waals surface area contributed by atoms with Gasteiger partial charge in [0.05, 0.1) is 11.1 Å². The fraction of sp³-hybridized carbons (Fsp3) is 0.167. The maximum Gasteiger partial charge on any atom is 0.244 e. The topological polar surface area (TPSA) is 97.4 Å². The Morgan fingerprint density at radius 3 is 2.67 bits per heavy atom. The van der Waals surface area contributed by atoms with Gasteiger partial charge in [0, 0.05) is 25.4 Å². The second-order valence-electron chi connectivity index (χ2n) is 7.27. The van der Waals surface area contributed by atoms with Gasteiger partial charge in [-0.05, 0) is 66.9 Å². The minimum atomic E-state index is -3.67. The van der Waals surface area contributed by atoms with Crippen LogP contribution in [0.1, 0.15) is 16.7 Å². The molecule has 0 saturated heterocycles. The number of ether oxygens (including phenoxy) is 1. The van der Waals surface area contributed by atoms with Crippen molar-refractivity contribution in [1.82, 2.24) is 15.0 Å². The van der Waals surface area contributed by atoms with Crippen LogP contribution in [-0.2, 0) is 14.8 Å². The Bertz CT molecular complexity index is 1260. The Kier molecular flexibility index (Phi) is 7.92. The summed E-state index contributed by atoms with van der Waals surface area (Å²) in [6.07, 6.45) is 5.75. The summed E-state index contributed by atoms with van der Waals surface area (Å²) in [5.74, 6) is -0.563. The van der Waals surface area contributed by atoms with Crippen molar-refractivity contribution in [3.63, 3.8) is 0 Å². The highest BCUT2D eigenvalue weighted by Crippen LogP contribution is 2.24. The molecule has 0 aliphatic heterocycles. The minimum absolute atomic E-state index is 0.0320. The van der Waals surface area contributed by atoms with E-state index < -0.39 is 21.7 Å². The van der Waals surface area contributed by atoms with Crippen LogP contribution in [0.2, 0.25) is 0 Å². The van der Waals surface area contributed by atoms with Gasteiger partial charge in [0.15, 0.2) is 11.6 Å². The molecule has 0 spiro atoms. The van der Waals surface area contributed by atoms with Gasteiger partial charge in [0.2, 0.25) is 15.9 Å². The Labute approximate surface area is 192 Å². The lowest BCUT2D eigenvalue weighted by Crippen LogP contribution is -2.34. The third kappa shape index (κ3) is 6.96. The summed E-state index contributed by atoms with van der Waals surface area (Å²) in [5.41, 5.74) is 1.95. The number of hydrogen-bond acceptors (Lipinski definition) is 5. The standard InChI is InChI=1S/C24H24FN3O4S/c1-17-5-6-18(2)23(14-17)33(30,31)28-13-12-27-24(29)10-8-19-7-9-22(21(25)15-19)32-20-4-3-11-26-16-20/h3-11,14-16,28H,12-13H2,1-2H3,(H,27,29)/b10-8+. The molecule has 33 heavy (non-hydrogen) atoms. The second kappa shape index (κ2) is 10.8. The van der Waals surface area contributed by atoms with E-state index in [0.717, 1.165) is 5.56 Å². The first-order chi connectivity index (χ1) is 15.7. The van der Waals surface area contributed by atoms with Crippen molar-refractivity contribution in [2.75, 3.05) is 13.1 Å². The zero-order chi connectivity index (χ0) is 23.8. The van der Waals surface area contributed by atoms with Crippen LogP contribution >= 0.6 is 0 Å². The number of carbonyl (C=O) groups excluding carboxylic acids is 1. The highest BCUT2D eigenvalue weighted by molar-refractivity contribution is 7.89. The molecule has 172 valence electrons. The van der Waals surface area contributed by atoms with E-state index in [2.05, 4.69) is 15.0 Å². The van der Waals surface area contributed by atoms with Crippen LogP contribution in [0.3, 0.4) is 0 Å². The number of halogens is 1. The molecule has 0 aliphatic carbocycles. The lowest BCUT2D eigenvalue weighted by atomic mass is 10.2. The molecule has 0 atom stereocenters. The Balaban J connectivity index is 1.49. The van der Waals surface area contributed by atoms with E-state index in [4.69, 9.17) is 4.74 Å². The highest BCUT2D eigenvalue weighted by Gasteiger charge is 2.16. The van der Waals surface area contributed by atoms with Crippen molar-refractivity contribution in [1.29, 1.82) is 0 Å². The first-order valence-corrected chi connectivity index (χ1v) is 11.6. The van der Waals surface area contributed by atoms with Crippen LogP contribution in [-0.4, -0.2) is 32.4 Å². The number of aryl methyl sites for hydroxylation is 2. The number of rotatable bonds is 9. The SMILES string of the molecule is Cc1ccc(C)c(S(=O)(=O)NCCNC(=O)/C=C/c2ccc(Oc3cccnc3)c(F)c2)c1. The van der Waals surface area contributed by atoms with Gasteiger partial charge in [0.25, 0.3) is 0 Å². The van der Waals surface area contributed by atoms with Gasteiger partial charge >= 0.3 is 0 Å². The van der Waals surface area contributed by atoms with Gasteiger partial charge in [-0.1, -0.05) is 18.2 Å². The predicted molar refractivity (Wildman–Crippen MR) is 124 cm³/mol. The molecule has 2 aromatic carbocycles. The smallest absolute Gasteiger partial charge is 0.244 e. The summed E-state index contributed by atoms with van der Waals surface area (Å²) in [6, 6.07) is 12.8. The Morgan fingerprint density at radius 2 is 1.94 bits per heavy atom. The third-order valence-electron chi connectivity index (χ3n) is 4.59. The highest BCUT2D eigenvalue weighted by atomic mass is 32.2. The molecule has 7 nitrogen and oxygen atoms in total. The van der Waals surface area contributed by atoms with Crippen LogP contribution in [0.25, 0.3) is 6.08 Å². The van der Waals surface area contributed by atoms with Crippen LogP contribution in [0.4, 0.5) is 4.39 Å². The molecule has 0 bridgehead atoms. The summed E-state index contributed by atoms with van der Waals surface area (Å²) in [4.78, 5) is 16.1. The number of aromatic nitrogens is 1. The largest absolute Gasteiger partial charge is 0.453 e. The minimum Gasteiger partial charge on any atom is -0.453 e. The van der Waals surface area contributed by atoms with Crippen molar-refractivity contribution >= 4 is 22.0 Å². The van der Waals surface area contributed by atoms with Gasteiger partial charge in [-0.2, -0.15) is 0 Å². The molecule has 1 heterocycles. The number of sulfonamides is 1. The lowest BCUT2D eigenvalue weighted by molar-refractivity contribution is -0.116. The quantitative estimate of drug-likeness (QED) is 0.368. The number of carbonyl (C=O) groups is 1. The monoisotopic (exact) mass is 469 g/mol. The zero-order valence-corrected chi connectivity index (χ0v) is 19.0. The van der Waals surface area contributed by atoms with Crippen molar-refractivity contribution < 1.29 is 22.3 Å². The van der Waals surface area contributed by atoms with Crippen molar-refractivity contribution in [2.45, 2.75) is 18.7 Å². The van der Waals surface area contributed by atoms with E-state index in [1.54, 1.807) is 43.5 Å². The number of amides is 1. The van der Waals surface area contributed by atoms with Crippen molar-refractivity contribution in [2.24, 2.45) is 0 Å². The molecule has 9 heteroatoms. The van der Waals surface area contributed by atoms with E-state index in [1.165, 1.54) is 30.5 Å². The molecule has 0 aliphatic rings. The predicted octanol–water partition coefficient (Wildman–Crippen LogP) is 3.74. The summed E-state index contributed by atoms with van der Waals surface area (Å²) >= 11 is 0. The molecular formula is C24H24FN3O4S. The third-order valence-corrected chi connectivity index (χ3v) is 6.20. The molecule has 0 saturated carbocycles.